The Kier molecular flexibility index (Phi) is 71.4. The molecule has 5 atom stereocenters. The summed E-state index contributed by atoms with van der Waals surface area (Å²) in [6, 6.07) is 0. The summed E-state index contributed by atoms with van der Waals surface area (Å²) < 4.78 is 68.5. The summed E-state index contributed by atoms with van der Waals surface area (Å²) in [5.41, 5.74) is 0. The average molecular weight is 1470 g/mol. The van der Waals surface area contributed by atoms with Crippen molar-refractivity contribution in [2.45, 2.75) is 341 Å². The van der Waals surface area contributed by atoms with Crippen molar-refractivity contribution in [2.75, 3.05) is 39.6 Å². The Morgan fingerprint density at radius 2 is 0.510 bits per heavy atom. The maximum absolute atomic E-state index is 13.1. The van der Waals surface area contributed by atoms with E-state index >= 15 is 0 Å². The summed E-state index contributed by atoms with van der Waals surface area (Å²) in [5.74, 6) is -2.24. The molecule has 0 bridgehead atoms. The predicted molar refractivity (Wildman–Crippen MR) is 418 cm³/mol. The molecule has 0 aliphatic carbocycles. The average Bonchev–Trinajstić information content (AvgIpc) is 0.924. The van der Waals surface area contributed by atoms with E-state index in [1.807, 2.05) is 0 Å². The molecule has 0 rings (SSSR count). The van der Waals surface area contributed by atoms with Crippen LogP contribution in [0.2, 0.25) is 0 Å². The molecule has 0 spiro atoms. The van der Waals surface area contributed by atoms with Crippen LogP contribution in [0.15, 0.2) is 122 Å². The van der Waals surface area contributed by atoms with Crippen LogP contribution in [0.4, 0.5) is 0 Å². The number of phosphoric ester groups is 2. The van der Waals surface area contributed by atoms with Gasteiger partial charge in [0.05, 0.1) is 26.4 Å². The van der Waals surface area contributed by atoms with Gasteiger partial charge in [-0.25, -0.2) is 9.13 Å². The first kappa shape index (κ1) is 97.5. The highest BCUT2D eigenvalue weighted by atomic mass is 31.2. The van der Waals surface area contributed by atoms with Crippen LogP contribution in [0.3, 0.4) is 0 Å². The molecule has 0 aromatic heterocycles. The van der Waals surface area contributed by atoms with Crippen molar-refractivity contribution in [1.82, 2.24) is 0 Å². The van der Waals surface area contributed by atoms with Crippen LogP contribution in [-0.2, 0) is 65.4 Å². The number of unbranched alkanes of at least 4 members (excludes halogenated alkanes) is 28. The van der Waals surface area contributed by atoms with E-state index in [1.54, 1.807) is 0 Å². The summed E-state index contributed by atoms with van der Waals surface area (Å²) in [4.78, 5) is 73.0. The third-order valence-corrected chi connectivity index (χ3v) is 18.3. The quantitative estimate of drug-likeness (QED) is 0.0169. The number of carbonyl (C=O) groups is 4. The molecule has 0 aliphatic rings. The fraction of sp³-hybridized carbons (Fsp3) is 0.711. The number of hydrogen-bond acceptors (Lipinski definition) is 15. The van der Waals surface area contributed by atoms with Crippen molar-refractivity contribution in [1.29, 1.82) is 0 Å². The number of ether oxygens (including phenoxy) is 4. The molecule has 0 saturated heterocycles. The van der Waals surface area contributed by atoms with Crippen molar-refractivity contribution in [3.05, 3.63) is 122 Å². The molecule has 0 fully saturated rings. The standard InChI is InChI=1S/C83H142O17P2/c1-5-9-13-17-21-25-29-33-36-37-38-39-42-45-48-52-56-60-64-68-81(86)94-74-79(100-83(88)70-66-62-58-54-50-46-41-35-31-27-23-19-15-11-7-3)76-98-102(91,92)96-72-77(84)71-95-101(89,90)97-75-78(99-82(87)69-65-61-57-53-49-43-32-28-24-20-16-12-8-4)73-93-80(85)67-63-59-55-51-47-44-40-34-30-26-22-18-14-10-6-2/h9-10,13-14,21-22,25-26,28,32-36,38-41,45,48,77-79,84H,5-8,11-12,15-20,23-24,27,29-31,37,42-44,46-47,49-76H2,1-4H3,(H,89,90)(H,91,92)/b13-9-,14-10-,25-21-,26-22-,32-28-,36-33-,39-38-,40-34-,41-35-,48-45-. The van der Waals surface area contributed by atoms with Gasteiger partial charge in [0.25, 0.3) is 0 Å². The van der Waals surface area contributed by atoms with Crippen LogP contribution < -0.4 is 0 Å². The zero-order valence-electron chi connectivity index (χ0n) is 64.0. The molecule has 3 N–H and O–H groups in total. The Bertz CT molecular complexity index is 2410. The van der Waals surface area contributed by atoms with Gasteiger partial charge in [-0.2, -0.15) is 0 Å². The molecule has 0 amide bonds. The second kappa shape index (κ2) is 74.7. The van der Waals surface area contributed by atoms with Gasteiger partial charge in [0, 0.05) is 25.7 Å². The van der Waals surface area contributed by atoms with E-state index in [4.69, 9.17) is 37.0 Å². The van der Waals surface area contributed by atoms with E-state index in [0.29, 0.717) is 25.7 Å². The summed E-state index contributed by atoms with van der Waals surface area (Å²) >= 11 is 0. The topological polar surface area (TPSA) is 237 Å². The number of aliphatic hydroxyl groups excluding tert-OH is 1. The molecular weight excluding hydrogens is 1330 g/mol. The molecule has 0 aromatic rings. The molecular formula is C83H142O17P2. The van der Waals surface area contributed by atoms with Gasteiger partial charge in [-0.1, -0.05) is 265 Å². The van der Waals surface area contributed by atoms with Crippen LogP contribution in [-0.4, -0.2) is 96.7 Å². The smallest absolute Gasteiger partial charge is 0.462 e. The van der Waals surface area contributed by atoms with Gasteiger partial charge >= 0.3 is 39.5 Å². The van der Waals surface area contributed by atoms with Crippen molar-refractivity contribution in [3.63, 3.8) is 0 Å². The van der Waals surface area contributed by atoms with Gasteiger partial charge < -0.3 is 33.8 Å². The monoisotopic (exact) mass is 1470 g/mol. The molecule has 586 valence electrons. The Balaban J connectivity index is 5.40. The minimum atomic E-state index is -4.99. The van der Waals surface area contributed by atoms with Gasteiger partial charge in [-0.05, 0) is 154 Å². The van der Waals surface area contributed by atoms with Crippen molar-refractivity contribution in [3.8, 4) is 0 Å². The van der Waals surface area contributed by atoms with Gasteiger partial charge in [-0.15, -0.1) is 0 Å². The fourth-order valence-corrected chi connectivity index (χ4v) is 11.9. The van der Waals surface area contributed by atoms with E-state index in [-0.39, 0.29) is 25.7 Å². The predicted octanol–water partition coefficient (Wildman–Crippen LogP) is 23.1. The molecule has 0 saturated carbocycles. The van der Waals surface area contributed by atoms with Gasteiger partial charge in [0.2, 0.25) is 0 Å². The van der Waals surface area contributed by atoms with Crippen molar-refractivity contribution < 1.29 is 80.2 Å². The number of rotatable bonds is 74. The highest BCUT2D eigenvalue weighted by molar-refractivity contribution is 7.47. The Morgan fingerprint density at radius 3 is 0.814 bits per heavy atom. The third-order valence-electron chi connectivity index (χ3n) is 16.4. The lowest BCUT2D eigenvalue weighted by Crippen LogP contribution is -2.30. The van der Waals surface area contributed by atoms with Crippen molar-refractivity contribution in [2.24, 2.45) is 0 Å². The first-order valence-corrected chi connectivity index (χ1v) is 42.8. The number of hydrogen-bond donors (Lipinski definition) is 3. The number of esters is 4. The number of carbonyl (C=O) groups excluding carboxylic acids is 4. The van der Waals surface area contributed by atoms with Crippen LogP contribution in [0, 0.1) is 0 Å². The molecule has 0 aliphatic heterocycles. The summed E-state index contributed by atoms with van der Waals surface area (Å²) in [7, 11) is -9.97. The zero-order valence-corrected chi connectivity index (χ0v) is 65.8. The van der Waals surface area contributed by atoms with E-state index in [9.17, 15) is 43.2 Å². The first-order chi connectivity index (χ1) is 49.7. The lowest BCUT2D eigenvalue weighted by atomic mass is 10.1. The maximum atomic E-state index is 13.1. The summed E-state index contributed by atoms with van der Waals surface area (Å²) in [6.45, 7) is 4.57. The highest BCUT2D eigenvalue weighted by Crippen LogP contribution is 2.45. The number of allylic oxidation sites excluding steroid dienone is 20. The lowest BCUT2D eigenvalue weighted by Gasteiger charge is -2.21. The molecule has 0 radical (unpaired) electrons. The van der Waals surface area contributed by atoms with Crippen LogP contribution in [0.1, 0.15) is 323 Å². The van der Waals surface area contributed by atoms with Crippen LogP contribution in [0.25, 0.3) is 0 Å². The molecule has 19 heteroatoms. The molecule has 17 nitrogen and oxygen atoms in total. The third kappa shape index (κ3) is 73.8. The Labute approximate surface area is 619 Å². The minimum Gasteiger partial charge on any atom is -0.462 e. The Hall–Kier alpha value is -4.54. The Morgan fingerprint density at radius 1 is 0.284 bits per heavy atom. The van der Waals surface area contributed by atoms with E-state index in [2.05, 4.69) is 149 Å². The highest BCUT2D eigenvalue weighted by Gasteiger charge is 2.30. The van der Waals surface area contributed by atoms with Gasteiger partial charge in [-0.3, -0.25) is 37.3 Å². The molecule has 5 unspecified atom stereocenters. The van der Waals surface area contributed by atoms with E-state index < -0.39 is 97.5 Å². The SMILES string of the molecule is CC/C=C\C/C=C\C/C=C\C/C=C\C/C=C\CCCCCC(=O)OCC(COP(=O)(O)OCC(O)COP(=O)(O)OCC(COC(=O)CCCCCCC/C=C\C/C=C\C/C=C\CC)OC(=O)CCCCCCC/C=C\CCCCCC)OC(=O)CCCCCCC/C=C\CCCCCCCC. The van der Waals surface area contributed by atoms with Gasteiger partial charge in [0.1, 0.15) is 19.3 Å². The fourth-order valence-electron chi connectivity index (χ4n) is 10.4. The van der Waals surface area contributed by atoms with E-state index in [0.717, 1.165) is 180 Å². The number of aliphatic hydroxyl groups is 1. The van der Waals surface area contributed by atoms with Crippen LogP contribution >= 0.6 is 15.6 Å². The normalized spacial score (nSPS) is 14.5. The minimum absolute atomic E-state index is 0.0754. The largest absolute Gasteiger partial charge is 0.472 e. The zero-order chi connectivity index (χ0) is 74.6. The first-order valence-electron chi connectivity index (χ1n) is 39.8. The second-order valence-electron chi connectivity index (χ2n) is 26.2. The van der Waals surface area contributed by atoms with Crippen LogP contribution in [0.5, 0.6) is 0 Å². The summed E-state index contributed by atoms with van der Waals surface area (Å²) in [5, 5.41) is 10.6. The van der Waals surface area contributed by atoms with E-state index in [1.165, 1.54) is 64.2 Å². The number of phosphoric acid groups is 2. The maximum Gasteiger partial charge on any atom is 0.472 e. The lowest BCUT2D eigenvalue weighted by molar-refractivity contribution is -0.161. The summed E-state index contributed by atoms with van der Waals surface area (Å²) in [6.07, 6.45) is 81.8. The van der Waals surface area contributed by atoms with Gasteiger partial charge in [0.15, 0.2) is 12.2 Å². The second-order valence-corrected chi connectivity index (χ2v) is 29.1. The van der Waals surface area contributed by atoms with Crippen molar-refractivity contribution >= 4 is 39.5 Å². The molecule has 0 heterocycles. The molecule has 102 heavy (non-hydrogen) atoms. The molecule has 0 aromatic carbocycles.